The van der Waals surface area contributed by atoms with E-state index in [1.165, 1.54) is 31.9 Å². The van der Waals surface area contributed by atoms with E-state index in [-0.39, 0.29) is 17.2 Å². The van der Waals surface area contributed by atoms with Crippen LogP contribution in [0, 0.1) is 16.7 Å². The Hall–Kier alpha value is -0.780. The molecule has 2 N–H and O–H groups in total. The van der Waals surface area contributed by atoms with Gasteiger partial charge in [0.15, 0.2) is 0 Å². The summed E-state index contributed by atoms with van der Waals surface area (Å²) in [5, 5.41) is 5.79. The number of carbonyl (C=O) groups excluding carboxylic acids is 1. The zero-order chi connectivity index (χ0) is 16.4. The summed E-state index contributed by atoms with van der Waals surface area (Å²) in [5.41, 5.74) is 0.239. The summed E-state index contributed by atoms with van der Waals surface area (Å²) in [4.78, 5) is 11.9. The molecule has 0 aromatic rings. The Morgan fingerprint density at radius 3 is 2.18 bits per heavy atom. The highest BCUT2D eigenvalue weighted by Gasteiger charge is 2.45. The molecule has 0 atom stereocenters. The van der Waals surface area contributed by atoms with E-state index in [4.69, 9.17) is 0 Å². The van der Waals surface area contributed by atoms with Crippen LogP contribution in [0.3, 0.4) is 0 Å². The molecule has 0 spiro atoms. The summed E-state index contributed by atoms with van der Waals surface area (Å²) in [5.74, 6) is 0.752. The molecule has 0 saturated heterocycles. The van der Waals surface area contributed by atoms with Crippen molar-refractivity contribution in [3.63, 3.8) is 0 Å². The maximum Gasteiger partial charge on any atom is 0.314 e. The number of urea groups is 1. The van der Waals surface area contributed by atoms with E-state index >= 15 is 0 Å². The summed E-state index contributed by atoms with van der Waals surface area (Å²) in [6.45, 7) is 5.80. The van der Waals surface area contributed by atoms with E-state index in [2.05, 4.69) is 24.5 Å². The fourth-order valence-corrected chi connectivity index (χ4v) is 4.84. The maximum atomic E-state index is 11.9. The summed E-state index contributed by atoms with van der Waals surface area (Å²) in [6, 6.07) is -0.162. The van der Waals surface area contributed by atoms with Gasteiger partial charge in [-0.05, 0) is 49.9 Å². The lowest BCUT2D eigenvalue weighted by Crippen LogP contribution is -2.42. The molecular formula is C16H30N2O3S. The van der Waals surface area contributed by atoms with Gasteiger partial charge in [-0.25, -0.2) is 13.2 Å². The van der Waals surface area contributed by atoms with Crippen molar-refractivity contribution in [2.24, 2.45) is 16.7 Å². The van der Waals surface area contributed by atoms with Crippen molar-refractivity contribution in [3.05, 3.63) is 0 Å². The summed E-state index contributed by atoms with van der Waals surface area (Å²) in [6.07, 6.45) is 7.82. The molecule has 0 radical (unpaired) electrons. The third kappa shape index (κ3) is 5.78. The predicted molar refractivity (Wildman–Crippen MR) is 88.5 cm³/mol. The topological polar surface area (TPSA) is 75.3 Å². The predicted octanol–water partition coefficient (Wildman–Crippen LogP) is 2.33. The van der Waals surface area contributed by atoms with Crippen molar-refractivity contribution >= 4 is 15.9 Å². The Balaban J connectivity index is 1.65. The highest BCUT2D eigenvalue weighted by Crippen LogP contribution is 2.46. The second kappa shape index (κ2) is 6.38. The van der Waals surface area contributed by atoms with Crippen molar-refractivity contribution < 1.29 is 13.2 Å². The van der Waals surface area contributed by atoms with E-state index in [0.717, 1.165) is 19.4 Å². The van der Waals surface area contributed by atoms with Gasteiger partial charge in [0, 0.05) is 24.8 Å². The van der Waals surface area contributed by atoms with Crippen molar-refractivity contribution in [2.45, 2.75) is 52.4 Å². The Labute approximate surface area is 134 Å². The fraction of sp³-hybridized carbons (Fsp3) is 0.938. The molecule has 0 bridgehead atoms. The van der Waals surface area contributed by atoms with Crippen LogP contribution in [0.5, 0.6) is 0 Å². The molecule has 5 nitrogen and oxygen atoms in total. The van der Waals surface area contributed by atoms with Crippen molar-refractivity contribution in [1.29, 1.82) is 0 Å². The number of hydrogen-bond acceptors (Lipinski definition) is 3. The van der Waals surface area contributed by atoms with Gasteiger partial charge in [0.25, 0.3) is 0 Å². The standard InChI is InChI=1S/C16H30N2O3S/c1-15(2)6-4-13(5-7-15)10-17-14(19)18-11-16(8-9-16)12-22(3,20)21/h13H,4-12H2,1-3H3,(H2,17,18,19). The van der Waals surface area contributed by atoms with Crippen LogP contribution in [0.25, 0.3) is 0 Å². The van der Waals surface area contributed by atoms with Gasteiger partial charge in [0.1, 0.15) is 9.84 Å². The van der Waals surface area contributed by atoms with Crippen molar-refractivity contribution in [1.82, 2.24) is 10.6 Å². The van der Waals surface area contributed by atoms with E-state index in [1.807, 2.05) is 0 Å². The lowest BCUT2D eigenvalue weighted by Gasteiger charge is -2.34. The van der Waals surface area contributed by atoms with Crippen LogP contribution in [0.1, 0.15) is 52.4 Å². The van der Waals surface area contributed by atoms with Gasteiger partial charge in [0.05, 0.1) is 5.75 Å². The number of hydrogen-bond donors (Lipinski definition) is 2. The maximum absolute atomic E-state index is 11.9. The summed E-state index contributed by atoms with van der Waals surface area (Å²) >= 11 is 0. The minimum Gasteiger partial charge on any atom is -0.338 e. The van der Waals surface area contributed by atoms with Gasteiger partial charge in [-0.1, -0.05) is 13.8 Å². The Bertz CT molecular complexity index is 499. The molecule has 0 heterocycles. The third-order valence-electron chi connectivity index (χ3n) is 5.16. The molecule has 2 amide bonds. The molecule has 2 rings (SSSR count). The third-order valence-corrected chi connectivity index (χ3v) is 6.30. The second-order valence-electron chi connectivity index (χ2n) is 8.24. The van der Waals surface area contributed by atoms with Gasteiger partial charge in [-0.15, -0.1) is 0 Å². The lowest BCUT2D eigenvalue weighted by molar-refractivity contribution is 0.187. The minimum atomic E-state index is -2.98. The molecule has 0 aromatic heterocycles. The van der Waals surface area contributed by atoms with Gasteiger partial charge in [-0.2, -0.15) is 0 Å². The molecule has 6 heteroatoms. The van der Waals surface area contributed by atoms with Crippen LogP contribution in [0.2, 0.25) is 0 Å². The first-order valence-corrected chi connectivity index (χ1v) is 10.3. The van der Waals surface area contributed by atoms with Crippen LogP contribution < -0.4 is 10.6 Å². The molecular weight excluding hydrogens is 300 g/mol. The molecule has 2 aliphatic rings. The molecule has 0 aliphatic heterocycles. The molecule has 2 saturated carbocycles. The first-order chi connectivity index (χ1) is 10.1. The quantitative estimate of drug-likeness (QED) is 0.785. The average Bonchev–Trinajstić information content (AvgIpc) is 3.13. The van der Waals surface area contributed by atoms with Gasteiger partial charge >= 0.3 is 6.03 Å². The molecule has 0 unspecified atom stereocenters. The number of amides is 2. The van der Waals surface area contributed by atoms with Crippen LogP contribution in [0.15, 0.2) is 0 Å². The normalized spacial score (nSPS) is 23.8. The first kappa shape index (κ1) is 17.6. The second-order valence-corrected chi connectivity index (χ2v) is 10.4. The Morgan fingerprint density at radius 1 is 1.09 bits per heavy atom. The summed E-state index contributed by atoms with van der Waals surface area (Å²) in [7, 11) is -2.98. The Morgan fingerprint density at radius 2 is 1.68 bits per heavy atom. The van der Waals surface area contributed by atoms with Gasteiger partial charge in [0.2, 0.25) is 0 Å². The van der Waals surface area contributed by atoms with E-state index in [9.17, 15) is 13.2 Å². The largest absolute Gasteiger partial charge is 0.338 e. The van der Waals surface area contributed by atoms with Crippen LogP contribution in [0.4, 0.5) is 4.79 Å². The number of carbonyl (C=O) groups is 1. The van der Waals surface area contributed by atoms with Crippen LogP contribution in [-0.4, -0.2) is 39.5 Å². The van der Waals surface area contributed by atoms with Crippen LogP contribution >= 0.6 is 0 Å². The van der Waals surface area contributed by atoms with Crippen molar-refractivity contribution in [2.75, 3.05) is 25.1 Å². The number of rotatable bonds is 6. The van der Waals surface area contributed by atoms with Gasteiger partial charge in [-0.3, -0.25) is 0 Å². The summed E-state index contributed by atoms with van der Waals surface area (Å²) < 4.78 is 22.8. The number of sulfone groups is 1. The number of nitrogens with one attached hydrogen (secondary N) is 2. The zero-order valence-corrected chi connectivity index (χ0v) is 14.9. The zero-order valence-electron chi connectivity index (χ0n) is 14.1. The van der Waals surface area contributed by atoms with E-state index < -0.39 is 9.84 Å². The smallest absolute Gasteiger partial charge is 0.314 e. The monoisotopic (exact) mass is 330 g/mol. The lowest BCUT2D eigenvalue weighted by atomic mass is 9.73. The SMILES string of the molecule is CC1(C)CCC(CNC(=O)NCC2(CS(C)(=O)=O)CC2)CC1. The molecule has 22 heavy (non-hydrogen) atoms. The average molecular weight is 330 g/mol. The first-order valence-electron chi connectivity index (χ1n) is 8.29. The Kier molecular flexibility index (Phi) is 5.09. The van der Waals surface area contributed by atoms with E-state index in [0.29, 0.717) is 17.9 Å². The minimum absolute atomic E-state index is 0.162. The molecule has 0 aromatic carbocycles. The molecule has 128 valence electrons. The molecule has 2 fully saturated rings. The molecule has 2 aliphatic carbocycles. The highest BCUT2D eigenvalue weighted by atomic mass is 32.2. The van der Waals surface area contributed by atoms with Gasteiger partial charge < -0.3 is 10.6 Å². The highest BCUT2D eigenvalue weighted by molar-refractivity contribution is 7.90. The van der Waals surface area contributed by atoms with Crippen LogP contribution in [-0.2, 0) is 9.84 Å². The van der Waals surface area contributed by atoms with Crippen molar-refractivity contribution in [3.8, 4) is 0 Å². The fourth-order valence-electron chi connectivity index (χ4n) is 3.34. The van der Waals surface area contributed by atoms with E-state index in [1.54, 1.807) is 0 Å².